The average molecular weight is 544 g/mol. The smallest absolute Gasteiger partial charge is 0.229 e. The van der Waals surface area contributed by atoms with Crippen molar-refractivity contribution in [3.05, 3.63) is 83.0 Å². The molecule has 1 unspecified atom stereocenters. The maximum Gasteiger partial charge on any atom is 0.229 e. The Morgan fingerprint density at radius 1 is 1.15 bits per heavy atom. The van der Waals surface area contributed by atoms with Gasteiger partial charge in [0.05, 0.1) is 25.0 Å². The van der Waals surface area contributed by atoms with Crippen LogP contribution in [0.5, 0.6) is 5.75 Å². The molecule has 4 aromatic rings. The van der Waals surface area contributed by atoms with Crippen LogP contribution in [0, 0.1) is 5.92 Å². The first-order valence-corrected chi connectivity index (χ1v) is 13.5. The van der Waals surface area contributed by atoms with Crippen molar-refractivity contribution in [1.82, 2.24) is 24.4 Å². The highest BCUT2D eigenvalue weighted by molar-refractivity contribution is 6.29. The van der Waals surface area contributed by atoms with Crippen LogP contribution in [0.1, 0.15) is 42.5 Å². The third-order valence-electron chi connectivity index (χ3n) is 7.17. The van der Waals surface area contributed by atoms with Crippen molar-refractivity contribution in [3.8, 4) is 11.4 Å². The largest absolute Gasteiger partial charge is 0.494 e. The summed E-state index contributed by atoms with van der Waals surface area (Å²) in [4.78, 5) is 29.1. The van der Waals surface area contributed by atoms with E-state index in [0.717, 1.165) is 46.9 Å². The number of halogens is 1. The third kappa shape index (κ3) is 5.14. The number of hydrogen-bond acceptors (Lipinski definition) is 7. The number of ether oxygens (including phenoxy) is 1. The number of carbonyl (C=O) groups excluding carboxylic acids is 1. The first-order valence-electron chi connectivity index (χ1n) is 13.2. The Balaban J connectivity index is 1.38. The van der Waals surface area contributed by atoms with Crippen molar-refractivity contribution in [2.45, 2.75) is 32.2 Å². The van der Waals surface area contributed by atoms with Crippen LogP contribution in [-0.2, 0) is 11.3 Å². The molecule has 2 aromatic carbocycles. The van der Waals surface area contributed by atoms with Gasteiger partial charge in [-0.3, -0.25) is 4.79 Å². The van der Waals surface area contributed by atoms with Gasteiger partial charge in [0.25, 0.3) is 0 Å². The highest BCUT2D eigenvalue weighted by Crippen LogP contribution is 2.39. The van der Waals surface area contributed by atoms with Crippen LogP contribution in [0.15, 0.2) is 61.1 Å². The molecule has 1 fully saturated rings. The van der Waals surface area contributed by atoms with Gasteiger partial charge in [0, 0.05) is 48.4 Å². The van der Waals surface area contributed by atoms with E-state index in [0.29, 0.717) is 36.5 Å². The minimum Gasteiger partial charge on any atom is -0.494 e. The number of anilines is 3. The molecular weight excluding hydrogens is 514 g/mol. The van der Waals surface area contributed by atoms with Gasteiger partial charge in [-0.05, 0) is 37.5 Å². The highest BCUT2D eigenvalue weighted by Gasteiger charge is 2.39. The highest BCUT2D eigenvalue weighted by atomic mass is 35.5. The summed E-state index contributed by atoms with van der Waals surface area (Å²) < 4.78 is 7.46. The fourth-order valence-electron chi connectivity index (χ4n) is 5.11. The quantitative estimate of drug-likeness (QED) is 0.308. The minimum atomic E-state index is -0.0542. The molecule has 0 radical (unpaired) electrons. The van der Waals surface area contributed by atoms with E-state index < -0.39 is 0 Å². The average Bonchev–Trinajstić information content (AvgIpc) is 3.72. The predicted octanol–water partition coefficient (Wildman–Crippen LogP) is 5.38. The van der Waals surface area contributed by atoms with E-state index in [2.05, 4.69) is 27.8 Å². The molecule has 1 amide bonds. The Morgan fingerprint density at radius 3 is 2.67 bits per heavy atom. The molecule has 39 heavy (non-hydrogen) atoms. The third-order valence-corrected chi connectivity index (χ3v) is 7.37. The molecule has 3 heterocycles. The summed E-state index contributed by atoms with van der Waals surface area (Å²) in [6.07, 6.45) is 5.33. The van der Waals surface area contributed by atoms with Gasteiger partial charge in [0.2, 0.25) is 11.9 Å². The van der Waals surface area contributed by atoms with Gasteiger partial charge in [-0.1, -0.05) is 41.9 Å². The molecule has 6 rings (SSSR count). The van der Waals surface area contributed by atoms with Crippen LogP contribution >= 0.6 is 11.6 Å². The van der Waals surface area contributed by atoms with Gasteiger partial charge < -0.3 is 24.8 Å². The molecule has 2 N–H and O–H groups in total. The minimum absolute atomic E-state index is 0.0542. The molecule has 9 nitrogen and oxygen atoms in total. The van der Waals surface area contributed by atoms with Crippen LogP contribution < -0.4 is 15.4 Å². The fourth-order valence-corrected chi connectivity index (χ4v) is 5.26. The number of amides is 1. The lowest BCUT2D eigenvalue weighted by Gasteiger charge is -2.35. The summed E-state index contributed by atoms with van der Waals surface area (Å²) in [6.45, 7) is 3.85. The van der Waals surface area contributed by atoms with Crippen molar-refractivity contribution in [2.24, 2.45) is 5.92 Å². The Morgan fingerprint density at radius 2 is 1.97 bits per heavy atom. The molecule has 200 valence electrons. The Bertz CT molecular complexity index is 1500. The van der Waals surface area contributed by atoms with E-state index in [1.807, 2.05) is 52.8 Å². The molecule has 1 saturated carbocycles. The normalized spacial score (nSPS) is 16.5. The van der Waals surface area contributed by atoms with Crippen LogP contribution in [0.3, 0.4) is 0 Å². The molecule has 1 aliphatic heterocycles. The maximum atomic E-state index is 13.1. The van der Waals surface area contributed by atoms with Crippen LogP contribution in [0.25, 0.3) is 5.69 Å². The number of imidazole rings is 1. The molecule has 1 aliphatic carbocycles. The standard InChI is InChI=1S/C29H30ClN7O2/c1-3-31-27-22-15-36(28(38)19-9-10-19)14-21(18-7-5-4-6-8-18)26(22)34-29(35-27)33-20-11-12-23(24(13-20)39-2)37-16-25(30)32-17-37/h4-8,11-13,16-17,19,21H,3,9-10,14-15H2,1-2H3,(H2,31,33,34,35). The zero-order valence-corrected chi connectivity index (χ0v) is 22.7. The number of fused-ring (bicyclic) bond motifs is 1. The van der Waals surface area contributed by atoms with Crippen molar-refractivity contribution >= 4 is 35.0 Å². The maximum absolute atomic E-state index is 13.1. The first kappa shape index (κ1) is 25.2. The second-order valence-electron chi connectivity index (χ2n) is 9.86. The summed E-state index contributed by atoms with van der Waals surface area (Å²) in [7, 11) is 1.62. The number of benzene rings is 2. The molecule has 1 atom stereocenters. The number of methoxy groups -OCH3 is 1. The van der Waals surface area contributed by atoms with E-state index >= 15 is 0 Å². The summed E-state index contributed by atoms with van der Waals surface area (Å²) in [5.74, 6) is 2.21. The molecule has 10 heteroatoms. The van der Waals surface area contributed by atoms with Gasteiger partial charge in [-0.15, -0.1) is 0 Å². The van der Waals surface area contributed by atoms with E-state index in [9.17, 15) is 4.79 Å². The lowest BCUT2D eigenvalue weighted by Crippen LogP contribution is -2.40. The zero-order valence-electron chi connectivity index (χ0n) is 21.9. The zero-order chi connectivity index (χ0) is 26.9. The van der Waals surface area contributed by atoms with Crippen LogP contribution in [-0.4, -0.2) is 50.5 Å². The number of aromatic nitrogens is 4. The molecule has 2 aromatic heterocycles. The molecule has 0 spiro atoms. The van der Waals surface area contributed by atoms with Crippen LogP contribution in [0.2, 0.25) is 5.15 Å². The van der Waals surface area contributed by atoms with Gasteiger partial charge in [-0.25, -0.2) is 9.97 Å². The van der Waals surface area contributed by atoms with E-state index in [4.69, 9.17) is 26.3 Å². The lowest BCUT2D eigenvalue weighted by atomic mass is 9.88. The van der Waals surface area contributed by atoms with E-state index in [-0.39, 0.29) is 17.7 Å². The monoisotopic (exact) mass is 543 g/mol. The molecule has 2 aliphatic rings. The number of hydrogen-bond donors (Lipinski definition) is 2. The molecule has 0 saturated heterocycles. The van der Waals surface area contributed by atoms with Crippen molar-refractivity contribution in [1.29, 1.82) is 0 Å². The lowest BCUT2D eigenvalue weighted by molar-refractivity contribution is -0.133. The van der Waals surface area contributed by atoms with Crippen molar-refractivity contribution < 1.29 is 9.53 Å². The van der Waals surface area contributed by atoms with E-state index in [1.165, 1.54) is 0 Å². The molecular formula is C29H30ClN7O2. The fraction of sp³-hybridized carbons (Fsp3) is 0.310. The predicted molar refractivity (Wildman–Crippen MR) is 151 cm³/mol. The summed E-state index contributed by atoms with van der Waals surface area (Å²) in [5.41, 5.74) is 4.63. The summed E-state index contributed by atoms with van der Waals surface area (Å²) in [5, 5.41) is 7.19. The van der Waals surface area contributed by atoms with Gasteiger partial charge in [0.15, 0.2) is 0 Å². The second-order valence-corrected chi connectivity index (χ2v) is 10.2. The number of rotatable bonds is 8. The van der Waals surface area contributed by atoms with E-state index in [1.54, 1.807) is 19.6 Å². The number of nitrogens with one attached hydrogen (secondary N) is 2. The topological polar surface area (TPSA) is 97.2 Å². The Hall–Kier alpha value is -4.11. The summed E-state index contributed by atoms with van der Waals surface area (Å²) >= 11 is 6.01. The van der Waals surface area contributed by atoms with Crippen LogP contribution in [0.4, 0.5) is 17.5 Å². The van der Waals surface area contributed by atoms with Crippen molar-refractivity contribution in [3.63, 3.8) is 0 Å². The Labute approximate surface area is 232 Å². The van der Waals surface area contributed by atoms with Gasteiger partial charge >= 0.3 is 0 Å². The first-order chi connectivity index (χ1) is 19.0. The Kier molecular flexibility index (Phi) is 6.83. The van der Waals surface area contributed by atoms with Gasteiger partial charge in [-0.2, -0.15) is 4.98 Å². The SMILES string of the molecule is CCNc1nc(Nc2ccc(-n3cnc(Cl)c3)c(OC)c2)nc2c1CN(C(=O)C1CC1)CC2c1ccccc1. The van der Waals surface area contributed by atoms with Crippen molar-refractivity contribution in [2.75, 3.05) is 30.8 Å². The second kappa shape index (κ2) is 10.6. The number of carbonyl (C=O) groups is 1. The van der Waals surface area contributed by atoms with Gasteiger partial charge in [0.1, 0.15) is 23.0 Å². The summed E-state index contributed by atoms with van der Waals surface area (Å²) in [6, 6.07) is 16.0. The molecule has 0 bridgehead atoms. The number of nitrogens with zero attached hydrogens (tertiary/aromatic N) is 5.